The van der Waals surface area contributed by atoms with Crippen LogP contribution in [0.25, 0.3) is 0 Å². The van der Waals surface area contributed by atoms with Crippen LogP contribution in [0.5, 0.6) is 0 Å². The Balaban J connectivity index is 2.16. The van der Waals surface area contributed by atoms with Gasteiger partial charge in [-0.05, 0) is 25.0 Å². The summed E-state index contributed by atoms with van der Waals surface area (Å²) in [5.74, 6) is -0.618. The molecule has 1 aliphatic rings. The molecule has 1 aliphatic carbocycles. The molecule has 1 aromatic rings. The van der Waals surface area contributed by atoms with Gasteiger partial charge in [0.25, 0.3) is 5.91 Å². The number of ether oxygens (including phenoxy) is 1. The van der Waals surface area contributed by atoms with Gasteiger partial charge in [0, 0.05) is 0 Å². The van der Waals surface area contributed by atoms with E-state index in [0.717, 1.165) is 19.3 Å². The van der Waals surface area contributed by atoms with Gasteiger partial charge in [0.05, 0.1) is 16.3 Å². The monoisotopic (exact) mass is 301 g/mol. The Hall–Kier alpha value is -1.07. The smallest absolute Gasteiger partial charge is 0.331 e. The summed E-state index contributed by atoms with van der Waals surface area (Å²) in [7, 11) is 1.35. The molecule has 2 rings (SSSR count). The van der Waals surface area contributed by atoms with Gasteiger partial charge >= 0.3 is 5.97 Å². The molecule has 0 spiro atoms. The van der Waals surface area contributed by atoms with E-state index >= 15 is 0 Å². The Kier molecular flexibility index (Phi) is 4.47. The molecule has 1 fully saturated rings. The molecule has 1 aromatic heterocycles. The summed E-state index contributed by atoms with van der Waals surface area (Å²) in [4.78, 5) is 24.7. The van der Waals surface area contributed by atoms with E-state index < -0.39 is 5.54 Å². The first-order chi connectivity index (χ1) is 9.07. The van der Waals surface area contributed by atoms with Crippen LogP contribution in [0.1, 0.15) is 41.8 Å². The summed E-state index contributed by atoms with van der Waals surface area (Å²) >= 11 is 7.02. The minimum atomic E-state index is -0.874. The molecule has 0 unspecified atom stereocenters. The van der Waals surface area contributed by atoms with Gasteiger partial charge < -0.3 is 10.1 Å². The summed E-state index contributed by atoms with van der Waals surface area (Å²) in [5.41, 5.74) is -0.874. The lowest BCUT2D eigenvalue weighted by molar-refractivity contribution is -0.149. The number of halogens is 1. The fraction of sp³-hybridized carbons (Fsp3) is 0.538. The minimum Gasteiger partial charge on any atom is -0.467 e. The number of rotatable bonds is 3. The second-order valence-corrected chi connectivity index (χ2v) is 6.41. The molecule has 0 radical (unpaired) electrons. The molecule has 4 nitrogen and oxygen atoms in total. The third kappa shape index (κ3) is 3.09. The zero-order chi connectivity index (χ0) is 13.9. The van der Waals surface area contributed by atoms with Gasteiger partial charge in [-0.25, -0.2) is 4.79 Å². The lowest BCUT2D eigenvalue weighted by atomic mass is 9.81. The minimum absolute atomic E-state index is 0.260. The summed E-state index contributed by atoms with van der Waals surface area (Å²) in [6.45, 7) is 0. The van der Waals surface area contributed by atoms with E-state index in [1.807, 2.05) is 0 Å². The van der Waals surface area contributed by atoms with Gasteiger partial charge in [0.15, 0.2) is 0 Å². The van der Waals surface area contributed by atoms with Crippen molar-refractivity contribution in [2.24, 2.45) is 0 Å². The van der Waals surface area contributed by atoms with Crippen molar-refractivity contribution in [3.8, 4) is 0 Å². The highest BCUT2D eigenvalue weighted by Gasteiger charge is 2.42. The van der Waals surface area contributed by atoms with Gasteiger partial charge in [0.2, 0.25) is 0 Å². The molecule has 0 atom stereocenters. The molecular formula is C13H16ClNO3S. The predicted octanol–water partition coefficient (Wildman–Crippen LogP) is 3.01. The number of hydrogen-bond donors (Lipinski definition) is 1. The quantitative estimate of drug-likeness (QED) is 0.873. The predicted molar refractivity (Wildman–Crippen MR) is 74.6 cm³/mol. The molecule has 1 saturated carbocycles. The van der Waals surface area contributed by atoms with E-state index in [2.05, 4.69) is 5.32 Å². The maximum absolute atomic E-state index is 12.2. The van der Waals surface area contributed by atoms with Crippen molar-refractivity contribution >= 4 is 34.8 Å². The van der Waals surface area contributed by atoms with Crippen molar-refractivity contribution in [2.45, 2.75) is 37.6 Å². The highest BCUT2D eigenvalue weighted by Crippen LogP contribution is 2.30. The Morgan fingerprint density at radius 3 is 2.53 bits per heavy atom. The van der Waals surface area contributed by atoms with Gasteiger partial charge in [-0.3, -0.25) is 4.79 Å². The zero-order valence-corrected chi connectivity index (χ0v) is 12.3. The molecule has 0 bridgehead atoms. The van der Waals surface area contributed by atoms with E-state index in [1.165, 1.54) is 18.4 Å². The number of esters is 1. The van der Waals surface area contributed by atoms with Crippen molar-refractivity contribution in [1.82, 2.24) is 5.32 Å². The van der Waals surface area contributed by atoms with Crippen LogP contribution in [0.15, 0.2) is 12.1 Å². The van der Waals surface area contributed by atoms with E-state index in [-0.39, 0.29) is 11.9 Å². The number of carbonyl (C=O) groups is 2. The Bertz CT molecular complexity index is 480. The van der Waals surface area contributed by atoms with Crippen molar-refractivity contribution in [3.05, 3.63) is 21.3 Å². The largest absolute Gasteiger partial charge is 0.467 e. The molecule has 0 aromatic carbocycles. The highest BCUT2D eigenvalue weighted by molar-refractivity contribution is 7.18. The van der Waals surface area contributed by atoms with E-state index in [1.54, 1.807) is 12.1 Å². The SMILES string of the molecule is COC(=O)C1(NC(=O)c2ccc(Cl)s2)CCCCC1. The summed E-state index contributed by atoms with van der Waals surface area (Å²) in [6.07, 6.45) is 4.18. The first-order valence-corrected chi connectivity index (χ1v) is 7.43. The number of hydrogen-bond acceptors (Lipinski definition) is 4. The third-order valence-corrected chi connectivity index (χ3v) is 4.66. The van der Waals surface area contributed by atoms with Crippen LogP contribution in [0, 0.1) is 0 Å². The maximum Gasteiger partial charge on any atom is 0.331 e. The highest BCUT2D eigenvalue weighted by atomic mass is 35.5. The number of carbonyl (C=O) groups excluding carboxylic acids is 2. The van der Waals surface area contributed by atoms with Gasteiger partial charge in [0.1, 0.15) is 5.54 Å². The summed E-state index contributed by atoms with van der Waals surface area (Å²) in [5, 5.41) is 2.85. The van der Waals surface area contributed by atoms with E-state index in [0.29, 0.717) is 22.1 Å². The van der Waals surface area contributed by atoms with Crippen LogP contribution in [0.4, 0.5) is 0 Å². The zero-order valence-electron chi connectivity index (χ0n) is 10.7. The molecule has 104 valence electrons. The number of methoxy groups -OCH3 is 1. The van der Waals surface area contributed by atoms with Crippen LogP contribution < -0.4 is 5.32 Å². The van der Waals surface area contributed by atoms with Crippen molar-refractivity contribution in [2.75, 3.05) is 7.11 Å². The lowest BCUT2D eigenvalue weighted by Gasteiger charge is -2.35. The lowest BCUT2D eigenvalue weighted by Crippen LogP contribution is -2.56. The molecule has 1 heterocycles. The molecular weight excluding hydrogens is 286 g/mol. The second kappa shape index (κ2) is 5.92. The first-order valence-electron chi connectivity index (χ1n) is 6.24. The number of nitrogens with one attached hydrogen (secondary N) is 1. The van der Waals surface area contributed by atoms with E-state index in [9.17, 15) is 9.59 Å². The van der Waals surface area contributed by atoms with Crippen LogP contribution in [0.2, 0.25) is 4.34 Å². The molecule has 19 heavy (non-hydrogen) atoms. The van der Waals surface area contributed by atoms with Gasteiger partial charge in [-0.1, -0.05) is 30.9 Å². The average molecular weight is 302 g/mol. The average Bonchev–Trinajstić information content (AvgIpc) is 2.85. The fourth-order valence-corrected chi connectivity index (χ4v) is 3.38. The van der Waals surface area contributed by atoms with Crippen LogP contribution in [-0.2, 0) is 9.53 Å². The van der Waals surface area contributed by atoms with Crippen LogP contribution in [0.3, 0.4) is 0 Å². The molecule has 1 amide bonds. The molecule has 0 aliphatic heterocycles. The van der Waals surface area contributed by atoms with Crippen molar-refractivity contribution in [1.29, 1.82) is 0 Å². The van der Waals surface area contributed by atoms with Crippen molar-refractivity contribution in [3.63, 3.8) is 0 Å². The van der Waals surface area contributed by atoms with Crippen LogP contribution >= 0.6 is 22.9 Å². The topological polar surface area (TPSA) is 55.4 Å². The van der Waals surface area contributed by atoms with Crippen LogP contribution in [-0.4, -0.2) is 24.5 Å². The maximum atomic E-state index is 12.2. The number of thiophene rings is 1. The first kappa shape index (κ1) is 14.3. The van der Waals surface area contributed by atoms with Crippen molar-refractivity contribution < 1.29 is 14.3 Å². The Labute approximate surface area is 121 Å². The number of amides is 1. The second-order valence-electron chi connectivity index (χ2n) is 4.69. The molecule has 1 N–H and O–H groups in total. The van der Waals surface area contributed by atoms with Gasteiger partial charge in [-0.15, -0.1) is 11.3 Å². The van der Waals surface area contributed by atoms with Gasteiger partial charge in [-0.2, -0.15) is 0 Å². The normalized spacial score (nSPS) is 17.8. The molecule has 0 saturated heterocycles. The Morgan fingerprint density at radius 2 is 2.00 bits per heavy atom. The fourth-order valence-electron chi connectivity index (χ4n) is 2.45. The Morgan fingerprint density at radius 1 is 1.32 bits per heavy atom. The summed E-state index contributed by atoms with van der Waals surface area (Å²) in [6, 6.07) is 3.34. The summed E-state index contributed by atoms with van der Waals surface area (Å²) < 4.78 is 5.42. The molecule has 6 heteroatoms. The van der Waals surface area contributed by atoms with E-state index in [4.69, 9.17) is 16.3 Å². The third-order valence-electron chi connectivity index (χ3n) is 3.43. The standard InChI is InChI=1S/C13H16ClNO3S/c1-18-12(17)13(7-3-2-4-8-13)15-11(16)9-5-6-10(14)19-9/h5-6H,2-4,7-8H2,1H3,(H,15,16).